The standard InChI is InChI=1S/C34H34F6O/c1-3-5-28(35)33(40)25-13-15-27(30(37)20-25)24-12-14-26(29(36)19-24)23-10-8-21(9-11-23)6-7-22-17-31(38)34(32(39)18-22)41-16-4-2/h4,12-15,17-21,23H,2-3,5-11,16H2,1H3. The molecule has 0 unspecified atom stereocenters. The lowest BCUT2D eigenvalue weighted by molar-refractivity contribution is 0.305. The van der Waals surface area contributed by atoms with Crippen LogP contribution < -0.4 is 4.74 Å². The molecule has 1 saturated carbocycles. The van der Waals surface area contributed by atoms with Gasteiger partial charge in [0.1, 0.15) is 24.1 Å². The highest BCUT2D eigenvalue weighted by Gasteiger charge is 2.25. The zero-order chi connectivity index (χ0) is 29.5. The molecule has 0 bridgehead atoms. The fraction of sp³-hybridized carbons (Fsp3) is 0.353. The molecular formula is C34H34F6O. The summed E-state index contributed by atoms with van der Waals surface area (Å²) in [6, 6.07) is 10.8. The summed E-state index contributed by atoms with van der Waals surface area (Å²) in [4.78, 5) is 0. The van der Waals surface area contributed by atoms with Gasteiger partial charge in [0.15, 0.2) is 23.2 Å². The molecule has 1 fully saturated rings. The zero-order valence-electron chi connectivity index (χ0n) is 23.1. The van der Waals surface area contributed by atoms with Gasteiger partial charge in [-0.25, -0.2) is 26.3 Å². The second kappa shape index (κ2) is 13.9. The molecule has 0 amide bonds. The molecule has 1 aliphatic rings. The third-order valence-electron chi connectivity index (χ3n) is 7.77. The van der Waals surface area contributed by atoms with Gasteiger partial charge in [-0.2, -0.15) is 0 Å². The molecule has 0 spiro atoms. The summed E-state index contributed by atoms with van der Waals surface area (Å²) in [6.45, 7) is 5.21. The Morgan fingerprint density at radius 2 is 1.59 bits per heavy atom. The van der Waals surface area contributed by atoms with Crippen molar-refractivity contribution in [2.45, 2.75) is 64.2 Å². The summed E-state index contributed by atoms with van der Waals surface area (Å²) in [7, 11) is 0. The van der Waals surface area contributed by atoms with Crippen LogP contribution in [0.3, 0.4) is 0 Å². The minimum atomic E-state index is -1.08. The quantitative estimate of drug-likeness (QED) is 0.164. The molecule has 7 heteroatoms. The van der Waals surface area contributed by atoms with Gasteiger partial charge in [0.05, 0.1) is 0 Å². The van der Waals surface area contributed by atoms with Gasteiger partial charge in [-0.1, -0.05) is 43.8 Å². The first kappa shape index (κ1) is 30.5. The maximum absolute atomic E-state index is 15.2. The molecular weight excluding hydrogens is 538 g/mol. The Hall–Kier alpha value is -3.48. The summed E-state index contributed by atoms with van der Waals surface area (Å²) < 4.78 is 91.6. The smallest absolute Gasteiger partial charge is 0.191 e. The number of ether oxygens (including phenoxy) is 1. The predicted octanol–water partition coefficient (Wildman–Crippen LogP) is 10.8. The van der Waals surface area contributed by atoms with Crippen molar-refractivity contribution >= 4 is 5.83 Å². The summed E-state index contributed by atoms with van der Waals surface area (Å²) >= 11 is 0. The Morgan fingerprint density at radius 3 is 2.20 bits per heavy atom. The molecule has 3 aromatic rings. The second-order valence-corrected chi connectivity index (χ2v) is 10.6. The molecule has 0 saturated heterocycles. The molecule has 0 N–H and O–H groups in total. The van der Waals surface area contributed by atoms with E-state index < -0.39 is 40.7 Å². The van der Waals surface area contributed by atoms with E-state index in [4.69, 9.17) is 4.74 Å². The molecule has 0 aromatic heterocycles. The Bertz CT molecular complexity index is 1380. The molecule has 41 heavy (non-hydrogen) atoms. The van der Waals surface area contributed by atoms with Crippen molar-refractivity contribution < 1.29 is 31.1 Å². The summed E-state index contributed by atoms with van der Waals surface area (Å²) in [5.74, 6) is -4.67. The van der Waals surface area contributed by atoms with E-state index in [-0.39, 0.29) is 30.1 Å². The lowest BCUT2D eigenvalue weighted by Gasteiger charge is -2.29. The van der Waals surface area contributed by atoms with Gasteiger partial charge in [0.25, 0.3) is 0 Å². The zero-order valence-corrected chi connectivity index (χ0v) is 23.1. The monoisotopic (exact) mass is 572 g/mol. The Kier molecular flexibility index (Phi) is 10.4. The van der Waals surface area contributed by atoms with Crippen molar-refractivity contribution in [1.82, 2.24) is 0 Å². The average Bonchev–Trinajstić information content (AvgIpc) is 2.95. The van der Waals surface area contributed by atoms with E-state index >= 15 is 4.39 Å². The minimum Gasteiger partial charge on any atom is -0.483 e. The second-order valence-electron chi connectivity index (χ2n) is 10.6. The Balaban J connectivity index is 1.36. The molecule has 218 valence electrons. The lowest BCUT2D eigenvalue weighted by atomic mass is 9.76. The Morgan fingerprint density at radius 1 is 0.878 bits per heavy atom. The molecule has 0 aliphatic heterocycles. The molecule has 0 heterocycles. The van der Waals surface area contributed by atoms with E-state index in [1.165, 1.54) is 36.4 Å². The van der Waals surface area contributed by atoms with Gasteiger partial charge in [-0.3, -0.25) is 0 Å². The van der Waals surface area contributed by atoms with Crippen molar-refractivity contribution in [2.24, 2.45) is 5.92 Å². The van der Waals surface area contributed by atoms with Crippen LogP contribution in [0.1, 0.15) is 74.5 Å². The fourth-order valence-corrected chi connectivity index (χ4v) is 5.57. The number of hydrogen-bond acceptors (Lipinski definition) is 1. The summed E-state index contributed by atoms with van der Waals surface area (Å²) in [5.41, 5.74) is 1.39. The van der Waals surface area contributed by atoms with Crippen LogP contribution in [0.2, 0.25) is 0 Å². The molecule has 3 aromatic carbocycles. The first-order valence-electron chi connectivity index (χ1n) is 14.1. The summed E-state index contributed by atoms with van der Waals surface area (Å²) in [6.07, 6.45) is 6.36. The molecule has 1 nitrogen and oxygen atoms in total. The van der Waals surface area contributed by atoms with Crippen LogP contribution >= 0.6 is 0 Å². The van der Waals surface area contributed by atoms with Crippen LogP contribution in [0, 0.1) is 29.2 Å². The number of halogens is 6. The first-order chi connectivity index (χ1) is 19.7. The van der Waals surface area contributed by atoms with Crippen molar-refractivity contribution in [2.75, 3.05) is 6.61 Å². The van der Waals surface area contributed by atoms with Crippen molar-refractivity contribution in [3.63, 3.8) is 0 Å². The van der Waals surface area contributed by atoms with E-state index in [2.05, 4.69) is 6.58 Å². The largest absolute Gasteiger partial charge is 0.483 e. The van der Waals surface area contributed by atoms with Crippen molar-refractivity contribution in [3.8, 4) is 16.9 Å². The number of rotatable bonds is 11. The first-order valence-corrected chi connectivity index (χ1v) is 14.1. The highest BCUT2D eigenvalue weighted by molar-refractivity contribution is 5.69. The highest BCUT2D eigenvalue weighted by Crippen LogP contribution is 2.40. The molecule has 0 atom stereocenters. The predicted molar refractivity (Wildman–Crippen MR) is 151 cm³/mol. The topological polar surface area (TPSA) is 9.23 Å². The van der Waals surface area contributed by atoms with Gasteiger partial charge in [-0.05, 0) is 97.7 Å². The van der Waals surface area contributed by atoms with Crippen LogP contribution in [0.5, 0.6) is 5.75 Å². The van der Waals surface area contributed by atoms with E-state index in [9.17, 15) is 22.0 Å². The van der Waals surface area contributed by atoms with E-state index in [0.29, 0.717) is 35.4 Å². The van der Waals surface area contributed by atoms with Crippen LogP contribution in [0.4, 0.5) is 26.3 Å². The third-order valence-corrected chi connectivity index (χ3v) is 7.77. The number of hydrogen-bond donors (Lipinski definition) is 0. The Labute approximate surface area is 237 Å². The van der Waals surface area contributed by atoms with Crippen LogP contribution in [-0.4, -0.2) is 6.61 Å². The maximum atomic E-state index is 15.2. The van der Waals surface area contributed by atoms with E-state index in [1.54, 1.807) is 19.1 Å². The highest BCUT2D eigenvalue weighted by atomic mass is 19.2. The lowest BCUT2D eigenvalue weighted by Crippen LogP contribution is -2.15. The van der Waals surface area contributed by atoms with Crippen molar-refractivity contribution in [1.29, 1.82) is 0 Å². The minimum absolute atomic E-state index is 0.0180. The fourth-order valence-electron chi connectivity index (χ4n) is 5.57. The normalized spacial score (nSPS) is 17.7. The summed E-state index contributed by atoms with van der Waals surface area (Å²) in [5, 5.41) is 0. The van der Waals surface area contributed by atoms with Gasteiger partial charge < -0.3 is 4.74 Å². The van der Waals surface area contributed by atoms with Gasteiger partial charge in [0, 0.05) is 17.5 Å². The van der Waals surface area contributed by atoms with Gasteiger partial charge in [0.2, 0.25) is 0 Å². The molecule has 4 rings (SSSR count). The van der Waals surface area contributed by atoms with Gasteiger partial charge >= 0.3 is 0 Å². The SMILES string of the molecule is C=CCOc1c(F)cc(CCC2CCC(c3ccc(-c4ccc(C(F)=C(F)CCC)cc4F)cc3F)CC2)cc1F. The van der Waals surface area contributed by atoms with Crippen LogP contribution in [0.15, 0.2) is 67.0 Å². The number of benzene rings is 3. The van der Waals surface area contributed by atoms with Crippen LogP contribution in [0.25, 0.3) is 17.0 Å². The van der Waals surface area contributed by atoms with Crippen molar-refractivity contribution in [3.05, 3.63) is 107 Å². The van der Waals surface area contributed by atoms with E-state index in [0.717, 1.165) is 38.2 Å². The maximum Gasteiger partial charge on any atom is 0.191 e. The average molecular weight is 573 g/mol. The number of allylic oxidation sites excluding steroid dienone is 1. The van der Waals surface area contributed by atoms with E-state index in [1.807, 2.05) is 0 Å². The van der Waals surface area contributed by atoms with Crippen LogP contribution in [-0.2, 0) is 6.42 Å². The third kappa shape index (κ3) is 7.43. The molecule has 0 radical (unpaired) electrons. The molecule has 1 aliphatic carbocycles. The number of aryl methyl sites for hydroxylation is 1. The van der Waals surface area contributed by atoms with Gasteiger partial charge in [-0.15, -0.1) is 0 Å².